The second-order valence-corrected chi connectivity index (χ2v) is 3.62. The number of hydrogen-bond acceptors (Lipinski definition) is 4. The minimum Gasteiger partial charge on any atom is -0.543 e. The van der Waals surface area contributed by atoms with E-state index in [2.05, 4.69) is 10.2 Å². The molecule has 5 nitrogen and oxygen atoms in total. The summed E-state index contributed by atoms with van der Waals surface area (Å²) in [6.45, 7) is 1.56. The van der Waals surface area contributed by atoms with Crippen LogP contribution in [0.3, 0.4) is 0 Å². The molecule has 1 aromatic carbocycles. The minimum absolute atomic E-state index is 0.157. The van der Waals surface area contributed by atoms with Crippen LogP contribution in [0.1, 0.15) is 16.2 Å². The molecule has 2 aromatic rings. The van der Waals surface area contributed by atoms with Crippen molar-refractivity contribution in [1.29, 1.82) is 0 Å². The maximum atomic E-state index is 10.7. The number of nitrogens with zero attached hydrogens (tertiary/aromatic N) is 3. The van der Waals surface area contributed by atoms with Crippen LogP contribution in [-0.4, -0.2) is 21.0 Å². The topological polar surface area (TPSA) is 70.8 Å². The number of benzene rings is 1. The Morgan fingerprint density at radius 1 is 1.31 bits per heavy atom. The first kappa shape index (κ1) is 10.6. The van der Waals surface area contributed by atoms with Gasteiger partial charge in [-0.1, -0.05) is 11.6 Å². The van der Waals surface area contributed by atoms with E-state index in [0.29, 0.717) is 16.4 Å². The van der Waals surface area contributed by atoms with E-state index in [1.165, 1.54) is 4.80 Å². The molecule has 0 spiro atoms. The van der Waals surface area contributed by atoms with Gasteiger partial charge in [0.05, 0.1) is 17.4 Å². The van der Waals surface area contributed by atoms with E-state index in [9.17, 15) is 9.90 Å². The molecule has 16 heavy (non-hydrogen) atoms. The lowest BCUT2D eigenvalue weighted by atomic mass is 10.3. The van der Waals surface area contributed by atoms with E-state index in [1.54, 1.807) is 31.2 Å². The van der Waals surface area contributed by atoms with E-state index < -0.39 is 5.97 Å². The molecule has 82 valence electrons. The number of carboxylic acid groups (broad SMARTS) is 1. The van der Waals surface area contributed by atoms with Crippen molar-refractivity contribution in [3.05, 3.63) is 40.7 Å². The van der Waals surface area contributed by atoms with Crippen LogP contribution in [0, 0.1) is 6.92 Å². The summed E-state index contributed by atoms with van der Waals surface area (Å²) < 4.78 is 0. The average Bonchev–Trinajstić information content (AvgIpc) is 2.61. The number of rotatable bonds is 2. The molecule has 0 N–H and O–H groups in total. The zero-order valence-corrected chi connectivity index (χ0v) is 9.10. The van der Waals surface area contributed by atoms with Gasteiger partial charge in [-0.2, -0.15) is 9.90 Å². The standard InChI is InChI=1S/C10H8ClN3O2/c1-6-9(10(15)16)13-14(12-6)8-4-2-7(11)3-5-8/h2-5H,1H3,(H,15,16)/p-1. The van der Waals surface area contributed by atoms with E-state index in [1.807, 2.05) is 0 Å². The number of carboxylic acids is 1. The molecule has 0 saturated heterocycles. The molecule has 2 rings (SSSR count). The molecule has 0 aliphatic carbocycles. The summed E-state index contributed by atoms with van der Waals surface area (Å²) in [6.07, 6.45) is 0. The lowest BCUT2D eigenvalue weighted by molar-refractivity contribution is -0.255. The van der Waals surface area contributed by atoms with Crippen LogP contribution in [-0.2, 0) is 0 Å². The van der Waals surface area contributed by atoms with Gasteiger partial charge in [0.15, 0.2) is 0 Å². The molecule has 0 saturated carbocycles. The first-order valence-corrected chi connectivity index (χ1v) is 4.87. The van der Waals surface area contributed by atoms with E-state index in [0.717, 1.165) is 0 Å². The summed E-state index contributed by atoms with van der Waals surface area (Å²) in [5.74, 6) is -1.34. The van der Waals surface area contributed by atoms with E-state index in [-0.39, 0.29) is 5.69 Å². The highest BCUT2D eigenvalue weighted by molar-refractivity contribution is 6.30. The number of carbonyl (C=O) groups excluding carboxylic acids is 1. The molecule has 6 heteroatoms. The molecule has 0 unspecified atom stereocenters. The normalized spacial score (nSPS) is 10.4. The molecule has 1 aromatic heterocycles. The summed E-state index contributed by atoms with van der Waals surface area (Å²) >= 11 is 5.73. The fourth-order valence-electron chi connectivity index (χ4n) is 1.26. The number of carbonyl (C=O) groups is 1. The summed E-state index contributed by atoms with van der Waals surface area (Å²) in [5, 5.41) is 19.0. The van der Waals surface area contributed by atoms with Crippen LogP contribution in [0.25, 0.3) is 5.69 Å². The largest absolute Gasteiger partial charge is 0.543 e. The maximum absolute atomic E-state index is 10.7. The molecule has 0 amide bonds. The monoisotopic (exact) mass is 236 g/mol. The molecule has 0 radical (unpaired) electrons. The number of aryl methyl sites for hydroxylation is 1. The van der Waals surface area contributed by atoms with Crippen molar-refractivity contribution in [1.82, 2.24) is 15.0 Å². The summed E-state index contributed by atoms with van der Waals surface area (Å²) in [5.41, 5.74) is 0.796. The van der Waals surface area contributed by atoms with Crippen LogP contribution in [0.4, 0.5) is 0 Å². The Morgan fingerprint density at radius 2 is 1.94 bits per heavy atom. The van der Waals surface area contributed by atoms with Gasteiger partial charge in [0.2, 0.25) is 0 Å². The van der Waals surface area contributed by atoms with Gasteiger partial charge in [-0.15, -0.1) is 5.10 Å². The van der Waals surface area contributed by atoms with Crippen molar-refractivity contribution in [3.63, 3.8) is 0 Å². The van der Waals surface area contributed by atoms with Gasteiger partial charge in [0.25, 0.3) is 0 Å². The Hall–Kier alpha value is -1.88. The Bertz CT molecular complexity index is 533. The van der Waals surface area contributed by atoms with Gasteiger partial charge in [0, 0.05) is 5.02 Å². The third-order valence-electron chi connectivity index (χ3n) is 2.03. The van der Waals surface area contributed by atoms with Crippen molar-refractivity contribution in [3.8, 4) is 5.69 Å². The SMILES string of the molecule is Cc1nn(-c2ccc(Cl)cc2)nc1C(=O)[O-]. The fraction of sp³-hybridized carbons (Fsp3) is 0.100. The molecule has 0 atom stereocenters. The van der Waals surface area contributed by atoms with Gasteiger partial charge >= 0.3 is 0 Å². The quantitative estimate of drug-likeness (QED) is 0.765. The van der Waals surface area contributed by atoms with Crippen molar-refractivity contribution in [2.24, 2.45) is 0 Å². The highest BCUT2D eigenvalue weighted by atomic mass is 35.5. The minimum atomic E-state index is -1.34. The number of aromatic nitrogens is 3. The molecule has 0 aliphatic rings. The predicted molar refractivity (Wildman–Crippen MR) is 55.4 cm³/mol. The predicted octanol–water partition coefficient (Wildman–Crippen LogP) is 0.593. The van der Waals surface area contributed by atoms with Crippen molar-refractivity contribution >= 4 is 17.6 Å². The average molecular weight is 237 g/mol. The molecule has 0 fully saturated rings. The van der Waals surface area contributed by atoms with Crippen molar-refractivity contribution < 1.29 is 9.90 Å². The zero-order chi connectivity index (χ0) is 11.7. The van der Waals surface area contributed by atoms with Gasteiger partial charge in [-0.05, 0) is 31.2 Å². The highest BCUT2D eigenvalue weighted by Crippen LogP contribution is 2.12. The van der Waals surface area contributed by atoms with Crippen molar-refractivity contribution in [2.45, 2.75) is 6.92 Å². The van der Waals surface area contributed by atoms with Crippen molar-refractivity contribution in [2.75, 3.05) is 0 Å². The van der Waals surface area contributed by atoms with Gasteiger partial charge in [-0.3, -0.25) is 0 Å². The Morgan fingerprint density at radius 3 is 2.44 bits per heavy atom. The van der Waals surface area contributed by atoms with Gasteiger partial charge in [0.1, 0.15) is 5.69 Å². The third-order valence-corrected chi connectivity index (χ3v) is 2.29. The number of aromatic carboxylic acids is 1. The third kappa shape index (κ3) is 1.90. The maximum Gasteiger partial charge on any atom is 0.131 e. The molecular formula is C10H7ClN3O2-. The molecule has 1 heterocycles. The second-order valence-electron chi connectivity index (χ2n) is 3.19. The molecule has 0 aliphatic heterocycles. The molecular weight excluding hydrogens is 230 g/mol. The van der Waals surface area contributed by atoms with E-state index >= 15 is 0 Å². The summed E-state index contributed by atoms with van der Waals surface area (Å²) in [7, 11) is 0. The number of hydrogen-bond donors (Lipinski definition) is 0. The van der Waals surface area contributed by atoms with Crippen LogP contribution in [0.15, 0.2) is 24.3 Å². The smallest absolute Gasteiger partial charge is 0.131 e. The fourth-order valence-corrected chi connectivity index (χ4v) is 1.38. The highest BCUT2D eigenvalue weighted by Gasteiger charge is 2.08. The van der Waals surface area contributed by atoms with Gasteiger partial charge in [-0.25, -0.2) is 0 Å². The lowest BCUT2D eigenvalue weighted by Gasteiger charge is -1.98. The Labute approximate surface area is 96.3 Å². The lowest BCUT2D eigenvalue weighted by Crippen LogP contribution is -2.23. The van der Waals surface area contributed by atoms with Crippen LogP contribution >= 0.6 is 11.6 Å². The van der Waals surface area contributed by atoms with Crippen LogP contribution < -0.4 is 5.11 Å². The zero-order valence-electron chi connectivity index (χ0n) is 8.35. The first-order valence-electron chi connectivity index (χ1n) is 4.49. The van der Waals surface area contributed by atoms with E-state index in [4.69, 9.17) is 11.6 Å². The summed E-state index contributed by atoms with van der Waals surface area (Å²) in [6, 6.07) is 6.74. The Balaban J connectivity index is 2.45. The second kappa shape index (κ2) is 3.94. The number of halogens is 1. The van der Waals surface area contributed by atoms with Crippen LogP contribution in [0.5, 0.6) is 0 Å². The van der Waals surface area contributed by atoms with Crippen LogP contribution in [0.2, 0.25) is 5.02 Å². The van der Waals surface area contributed by atoms with Gasteiger partial charge < -0.3 is 9.90 Å². The molecule has 0 bridgehead atoms. The first-order chi connectivity index (χ1) is 7.58. The summed E-state index contributed by atoms with van der Waals surface area (Å²) in [4.78, 5) is 11.9. The Kier molecular flexibility index (Phi) is 2.62.